The van der Waals surface area contributed by atoms with Gasteiger partial charge in [0.25, 0.3) is 5.91 Å². The molecule has 27 heavy (non-hydrogen) atoms. The van der Waals surface area contributed by atoms with E-state index in [1.165, 1.54) is 18.5 Å². The number of furan rings is 1. The number of aryl methyl sites for hydroxylation is 2. The van der Waals surface area contributed by atoms with E-state index in [2.05, 4.69) is 10.4 Å². The van der Waals surface area contributed by atoms with Gasteiger partial charge in [0, 0.05) is 37.4 Å². The van der Waals surface area contributed by atoms with Gasteiger partial charge in [0.15, 0.2) is 5.69 Å². The van der Waals surface area contributed by atoms with E-state index in [1.54, 1.807) is 0 Å². The van der Waals surface area contributed by atoms with Gasteiger partial charge in [-0.05, 0) is 51.2 Å². The lowest BCUT2D eigenvalue weighted by Gasteiger charge is -2.25. The minimum absolute atomic E-state index is 0.121. The van der Waals surface area contributed by atoms with E-state index in [0.717, 1.165) is 68.8 Å². The summed E-state index contributed by atoms with van der Waals surface area (Å²) in [5.74, 6) is 2.02. The quantitative estimate of drug-likeness (QED) is 0.899. The summed E-state index contributed by atoms with van der Waals surface area (Å²) in [4.78, 5) is 15.2. The van der Waals surface area contributed by atoms with Crippen LogP contribution in [-0.2, 0) is 26.4 Å². The van der Waals surface area contributed by atoms with Gasteiger partial charge >= 0.3 is 0 Å². The molecule has 6 nitrogen and oxygen atoms in total. The van der Waals surface area contributed by atoms with Crippen molar-refractivity contribution in [3.8, 4) is 0 Å². The molecule has 2 aliphatic rings. The first-order valence-electron chi connectivity index (χ1n) is 10.2. The van der Waals surface area contributed by atoms with Crippen LogP contribution in [0, 0.1) is 6.92 Å². The number of aromatic nitrogens is 2. The largest absolute Gasteiger partial charge is 0.465 e. The van der Waals surface area contributed by atoms with Gasteiger partial charge in [-0.3, -0.25) is 9.48 Å². The number of carbonyl (C=O) groups is 1. The molecule has 0 aromatic carbocycles. The number of amides is 1. The van der Waals surface area contributed by atoms with Crippen molar-refractivity contribution in [1.29, 1.82) is 0 Å². The van der Waals surface area contributed by atoms with Crippen molar-refractivity contribution in [3.05, 3.63) is 40.6 Å². The minimum atomic E-state index is 0.121. The van der Waals surface area contributed by atoms with E-state index in [-0.39, 0.29) is 5.91 Å². The SMILES string of the molecule is Cc1ccc(CNC2CCc3c(c(C(=O)N4CCCCCC4)nn3C)C2)o1. The summed E-state index contributed by atoms with van der Waals surface area (Å²) in [6.07, 6.45) is 7.54. The second kappa shape index (κ2) is 7.89. The van der Waals surface area contributed by atoms with Crippen LogP contribution in [0.1, 0.15) is 65.4 Å². The van der Waals surface area contributed by atoms with Gasteiger partial charge in [-0.2, -0.15) is 5.10 Å². The lowest BCUT2D eigenvalue weighted by atomic mass is 9.91. The zero-order chi connectivity index (χ0) is 18.8. The van der Waals surface area contributed by atoms with E-state index in [9.17, 15) is 4.79 Å². The van der Waals surface area contributed by atoms with Crippen LogP contribution in [0.2, 0.25) is 0 Å². The first kappa shape index (κ1) is 18.3. The molecular formula is C21H30N4O2. The molecular weight excluding hydrogens is 340 g/mol. The predicted molar refractivity (Wildman–Crippen MR) is 104 cm³/mol. The third-order valence-electron chi connectivity index (χ3n) is 5.91. The highest BCUT2D eigenvalue weighted by Crippen LogP contribution is 2.26. The van der Waals surface area contributed by atoms with Gasteiger partial charge in [0.2, 0.25) is 0 Å². The van der Waals surface area contributed by atoms with Crippen LogP contribution in [-0.4, -0.2) is 39.7 Å². The molecule has 6 heteroatoms. The summed E-state index contributed by atoms with van der Waals surface area (Å²) >= 11 is 0. The number of rotatable bonds is 4. The molecule has 4 rings (SSSR count). The van der Waals surface area contributed by atoms with Crippen molar-refractivity contribution in [2.24, 2.45) is 7.05 Å². The van der Waals surface area contributed by atoms with Gasteiger partial charge in [-0.15, -0.1) is 0 Å². The molecule has 1 amide bonds. The van der Waals surface area contributed by atoms with E-state index in [0.29, 0.717) is 11.7 Å². The summed E-state index contributed by atoms with van der Waals surface area (Å²) in [5.41, 5.74) is 3.04. The fourth-order valence-corrected chi connectivity index (χ4v) is 4.38. The Morgan fingerprint density at radius 3 is 2.74 bits per heavy atom. The average molecular weight is 370 g/mol. The van der Waals surface area contributed by atoms with Crippen molar-refractivity contribution in [3.63, 3.8) is 0 Å². The number of carbonyl (C=O) groups excluding carboxylic acids is 1. The Morgan fingerprint density at radius 1 is 1.26 bits per heavy atom. The van der Waals surface area contributed by atoms with Crippen LogP contribution in [0.4, 0.5) is 0 Å². The predicted octanol–water partition coefficient (Wildman–Crippen LogP) is 2.98. The molecule has 1 aliphatic carbocycles. The summed E-state index contributed by atoms with van der Waals surface area (Å²) in [5, 5.41) is 8.23. The third kappa shape index (κ3) is 3.95. The van der Waals surface area contributed by atoms with Gasteiger partial charge in [-0.25, -0.2) is 0 Å². The molecule has 2 aromatic heterocycles. The number of hydrogen-bond donors (Lipinski definition) is 1. The Balaban J connectivity index is 1.47. The highest BCUT2D eigenvalue weighted by atomic mass is 16.3. The maximum absolute atomic E-state index is 13.1. The monoisotopic (exact) mass is 370 g/mol. The molecule has 0 bridgehead atoms. The highest BCUT2D eigenvalue weighted by molar-refractivity contribution is 5.94. The Labute approximate surface area is 160 Å². The fraction of sp³-hybridized carbons (Fsp3) is 0.619. The molecule has 1 saturated heterocycles. The Morgan fingerprint density at radius 2 is 2.04 bits per heavy atom. The molecule has 2 aromatic rings. The molecule has 0 saturated carbocycles. The summed E-state index contributed by atoms with van der Waals surface area (Å²) in [6, 6.07) is 4.37. The lowest BCUT2D eigenvalue weighted by molar-refractivity contribution is 0.0753. The van der Waals surface area contributed by atoms with Crippen LogP contribution in [0.5, 0.6) is 0 Å². The molecule has 1 unspecified atom stereocenters. The number of nitrogens with zero attached hydrogens (tertiary/aromatic N) is 3. The molecule has 1 N–H and O–H groups in total. The second-order valence-corrected chi connectivity index (χ2v) is 7.94. The first-order valence-corrected chi connectivity index (χ1v) is 10.2. The number of likely N-dealkylation sites (tertiary alicyclic amines) is 1. The molecule has 146 valence electrons. The Kier molecular flexibility index (Phi) is 5.34. The third-order valence-corrected chi connectivity index (χ3v) is 5.91. The summed E-state index contributed by atoms with van der Waals surface area (Å²) in [6.45, 7) is 4.42. The number of nitrogens with one attached hydrogen (secondary N) is 1. The zero-order valence-corrected chi connectivity index (χ0v) is 16.5. The van der Waals surface area contributed by atoms with Crippen molar-refractivity contribution in [2.75, 3.05) is 13.1 Å². The first-order chi connectivity index (χ1) is 13.1. The Bertz CT molecular complexity index is 799. The average Bonchev–Trinajstić information content (AvgIpc) is 3.10. The molecule has 1 atom stereocenters. The van der Waals surface area contributed by atoms with E-state index >= 15 is 0 Å². The van der Waals surface area contributed by atoms with E-state index < -0.39 is 0 Å². The van der Waals surface area contributed by atoms with Crippen molar-refractivity contribution in [2.45, 2.75) is 64.5 Å². The fourth-order valence-electron chi connectivity index (χ4n) is 4.38. The van der Waals surface area contributed by atoms with Crippen LogP contribution in [0.3, 0.4) is 0 Å². The molecule has 3 heterocycles. The highest BCUT2D eigenvalue weighted by Gasteiger charge is 2.30. The van der Waals surface area contributed by atoms with Gasteiger partial charge in [-0.1, -0.05) is 12.8 Å². The van der Waals surface area contributed by atoms with Crippen LogP contribution in [0.25, 0.3) is 0 Å². The molecule has 1 aliphatic heterocycles. The molecule has 0 radical (unpaired) electrons. The maximum atomic E-state index is 13.1. The summed E-state index contributed by atoms with van der Waals surface area (Å²) in [7, 11) is 1.97. The minimum Gasteiger partial charge on any atom is -0.465 e. The van der Waals surface area contributed by atoms with E-state index in [4.69, 9.17) is 4.42 Å². The van der Waals surface area contributed by atoms with Gasteiger partial charge in [0.05, 0.1) is 6.54 Å². The van der Waals surface area contributed by atoms with Crippen molar-refractivity contribution >= 4 is 5.91 Å². The molecule has 1 fully saturated rings. The van der Waals surface area contributed by atoms with Crippen LogP contribution in [0.15, 0.2) is 16.5 Å². The van der Waals surface area contributed by atoms with E-state index in [1.807, 2.05) is 35.7 Å². The normalized spacial score (nSPS) is 20.4. The zero-order valence-electron chi connectivity index (χ0n) is 16.5. The van der Waals surface area contributed by atoms with Gasteiger partial charge in [0.1, 0.15) is 11.5 Å². The van der Waals surface area contributed by atoms with Gasteiger partial charge < -0.3 is 14.6 Å². The number of hydrogen-bond acceptors (Lipinski definition) is 4. The van der Waals surface area contributed by atoms with Crippen molar-refractivity contribution in [1.82, 2.24) is 20.0 Å². The molecule has 0 spiro atoms. The topological polar surface area (TPSA) is 63.3 Å². The smallest absolute Gasteiger partial charge is 0.274 e. The van der Waals surface area contributed by atoms with Crippen molar-refractivity contribution < 1.29 is 9.21 Å². The lowest BCUT2D eigenvalue weighted by Crippen LogP contribution is -2.36. The number of fused-ring (bicyclic) bond motifs is 1. The van der Waals surface area contributed by atoms with Crippen LogP contribution < -0.4 is 5.32 Å². The second-order valence-electron chi connectivity index (χ2n) is 7.94. The standard InChI is InChI=1S/C21H30N4O2/c1-15-7-9-17(27-15)14-22-16-8-10-19-18(13-16)20(23-24(19)2)21(26)25-11-5-3-4-6-12-25/h7,9,16,22H,3-6,8,10-14H2,1-2H3. The maximum Gasteiger partial charge on any atom is 0.274 e. The summed E-state index contributed by atoms with van der Waals surface area (Å²) < 4.78 is 7.58. The van der Waals surface area contributed by atoms with Crippen LogP contribution >= 0.6 is 0 Å². The Hall–Kier alpha value is -2.08.